The molecule has 1 atom stereocenters. The lowest BCUT2D eigenvalue weighted by Crippen LogP contribution is -2.38. The van der Waals surface area contributed by atoms with E-state index in [2.05, 4.69) is 4.90 Å². The summed E-state index contributed by atoms with van der Waals surface area (Å²) in [6.07, 6.45) is 1.31. The van der Waals surface area contributed by atoms with Crippen LogP contribution in [0.1, 0.15) is 17.5 Å². The Morgan fingerprint density at radius 1 is 1.30 bits per heavy atom. The lowest BCUT2D eigenvalue weighted by Gasteiger charge is -2.27. The predicted molar refractivity (Wildman–Crippen MR) is 77.9 cm³/mol. The third-order valence-electron chi connectivity index (χ3n) is 3.85. The smallest absolute Gasteiger partial charge is 0.306 e. The van der Waals surface area contributed by atoms with Crippen LogP contribution in [0.4, 0.5) is 0 Å². The maximum Gasteiger partial charge on any atom is 0.306 e. The summed E-state index contributed by atoms with van der Waals surface area (Å²) in [7, 11) is 0. The normalized spacial score (nSPS) is 17.9. The highest BCUT2D eigenvalue weighted by Gasteiger charge is 2.20. The Kier molecular flexibility index (Phi) is 5.56. The van der Waals surface area contributed by atoms with Crippen molar-refractivity contribution >= 4 is 5.97 Å². The van der Waals surface area contributed by atoms with Gasteiger partial charge in [-0.3, -0.25) is 9.69 Å². The van der Waals surface area contributed by atoms with E-state index in [0.717, 1.165) is 38.4 Å². The minimum Gasteiger partial charge on any atom is -0.481 e. The first-order valence-corrected chi connectivity index (χ1v) is 7.23. The average Bonchev–Trinajstić information content (AvgIpc) is 2.46. The van der Waals surface area contributed by atoms with Crippen molar-refractivity contribution in [3.05, 3.63) is 35.4 Å². The number of morpholine rings is 1. The van der Waals surface area contributed by atoms with E-state index >= 15 is 0 Å². The zero-order valence-electron chi connectivity index (χ0n) is 12.0. The second-order valence-electron chi connectivity index (χ2n) is 5.47. The molecule has 0 amide bonds. The molecular weight excluding hydrogens is 254 g/mol. The van der Waals surface area contributed by atoms with Gasteiger partial charge in [0.1, 0.15) is 0 Å². The molecule has 1 heterocycles. The fraction of sp³-hybridized carbons (Fsp3) is 0.562. The summed E-state index contributed by atoms with van der Waals surface area (Å²) in [6.45, 7) is 6.22. The minimum absolute atomic E-state index is 0.305. The van der Waals surface area contributed by atoms with Gasteiger partial charge in [-0.2, -0.15) is 0 Å². The molecule has 1 aliphatic rings. The summed E-state index contributed by atoms with van der Waals surface area (Å²) in [5.74, 6) is -1.00. The van der Waals surface area contributed by atoms with Crippen molar-refractivity contribution in [1.82, 2.24) is 4.90 Å². The Morgan fingerprint density at radius 3 is 2.55 bits per heavy atom. The van der Waals surface area contributed by atoms with Crippen LogP contribution < -0.4 is 0 Å². The molecule has 0 spiro atoms. The number of benzene rings is 1. The van der Waals surface area contributed by atoms with Gasteiger partial charge in [-0.25, -0.2) is 0 Å². The first kappa shape index (κ1) is 15.0. The topological polar surface area (TPSA) is 49.8 Å². The number of rotatable bonds is 6. The summed E-state index contributed by atoms with van der Waals surface area (Å²) in [5.41, 5.74) is 2.30. The van der Waals surface area contributed by atoms with E-state index in [4.69, 9.17) is 4.74 Å². The van der Waals surface area contributed by atoms with E-state index in [0.29, 0.717) is 12.8 Å². The van der Waals surface area contributed by atoms with Crippen molar-refractivity contribution < 1.29 is 14.6 Å². The van der Waals surface area contributed by atoms with Crippen molar-refractivity contribution in [2.24, 2.45) is 5.92 Å². The monoisotopic (exact) mass is 277 g/mol. The number of aliphatic carboxylic acids is 1. The predicted octanol–water partition coefficient (Wildman–Crippen LogP) is 1.96. The Hall–Kier alpha value is -1.39. The van der Waals surface area contributed by atoms with Crippen molar-refractivity contribution in [3.63, 3.8) is 0 Å². The van der Waals surface area contributed by atoms with Crippen LogP contribution in [0.2, 0.25) is 0 Å². The third kappa shape index (κ3) is 4.62. The van der Waals surface area contributed by atoms with Crippen LogP contribution in [0, 0.1) is 12.8 Å². The van der Waals surface area contributed by atoms with E-state index in [1.54, 1.807) is 0 Å². The largest absolute Gasteiger partial charge is 0.481 e. The average molecular weight is 277 g/mol. The lowest BCUT2D eigenvalue weighted by atomic mass is 9.95. The van der Waals surface area contributed by atoms with Crippen LogP contribution in [0.5, 0.6) is 0 Å². The lowest BCUT2D eigenvalue weighted by molar-refractivity contribution is -0.142. The van der Waals surface area contributed by atoms with Crippen LogP contribution in [-0.2, 0) is 16.0 Å². The van der Waals surface area contributed by atoms with Gasteiger partial charge in [0.25, 0.3) is 0 Å². The van der Waals surface area contributed by atoms with Crippen molar-refractivity contribution in [1.29, 1.82) is 0 Å². The first-order valence-electron chi connectivity index (χ1n) is 7.23. The number of aryl methyl sites for hydroxylation is 1. The van der Waals surface area contributed by atoms with Crippen LogP contribution in [-0.4, -0.2) is 48.8 Å². The SMILES string of the molecule is Cc1ccc(CC(CCN2CCOCC2)C(=O)O)cc1. The molecule has 0 aromatic heterocycles. The van der Waals surface area contributed by atoms with Gasteiger partial charge in [-0.1, -0.05) is 29.8 Å². The van der Waals surface area contributed by atoms with Gasteiger partial charge >= 0.3 is 5.97 Å². The summed E-state index contributed by atoms with van der Waals surface area (Å²) < 4.78 is 5.30. The van der Waals surface area contributed by atoms with Gasteiger partial charge in [0, 0.05) is 13.1 Å². The molecule has 2 rings (SSSR count). The van der Waals surface area contributed by atoms with E-state index in [1.165, 1.54) is 5.56 Å². The second-order valence-corrected chi connectivity index (χ2v) is 5.47. The molecule has 1 N–H and O–H groups in total. The molecule has 110 valence electrons. The number of ether oxygens (including phenoxy) is 1. The molecule has 4 nitrogen and oxygen atoms in total. The fourth-order valence-corrected chi connectivity index (χ4v) is 2.48. The zero-order chi connectivity index (χ0) is 14.4. The van der Waals surface area contributed by atoms with Crippen molar-refractivity contribution in [2.75, 3.05) is 32.8 Å². The van der Waals surface area contributed by atoms with E-state index in [1.807, 2.05) is 31.2 Å². The molecule has 0 bridgehead atoms. The van der Waals surface area contributed by atoms with Gasteiger partial charge in [0.05, 0.1) is 19.1 Å². The highest BCUT2D eigenvalue weighted by atomic mass is 16.5. The molecule has 20 heavy (non-hydrogen) atoms. The summed E-state index contributed by atoms with van der Waals surface area (Å²) >= 11 is 0. The molecule has 0 saturated carbocycles. The number of carbonyl (C=O) groups is 1. The molecular formula is C16H23NO3. The number of carboxylic acid groups (broad SMARTS) is 1. The zero-order valence-corrected chi connectivity index (χ0v) is 12.0. The standard InChI is InChI=1S/C16H23NO3/c1-13-2-4-14(5-3-13)12-15(16(18)19)6-7-17-8-10-20-11-9-17/h2-5,15H,6-12H2,1H3,(H,18,19). The summed E-state index contributed by atoms with van der Waals surface area (Å²) in [6, 6.07) is 8.13. The van der Waals surface area contributed by atoms with E-state index in [9.17, 15) is 9.90 Å². The molecule has 1 saturated heterocycles. The molecule has 1 fully saturated rings. The Morgan fingerprint density at radius 2 is 1.95 bits per heavy atom. The van der Waals surface area contributed by atoms with Gasteiger partial charge in [0.15, 0.2) is 0 Å². The van der Waals surface area contributed by atoms with E-state index < -0.39 is 5.97 Å². The maximum absolute atomic E-state index is 11.4. The number of hydrogen-bond donors (Lipinski definition) is 1. The number of hydrogen-bond acceptors (Lipinski definition) is 3. The van der Waals surface area contributed by atoms with Gasteiger partial charge in [-0.15, -0.1) is 0 Å². The highest BCUT2D eigenvalue weighted by molar-refractivity contribution is 5.70. The van der Waals surface area contributed by atoms with Gasteiger partial charge < -0.3 is 9.84 Å². The number of nitrogens with zero attached hydrogens (tertiary/aromatic N) is 1. The maximum atomic E-state index is 11.4. The van der Waals surface area contributed by atoms with Gasteiger partial charge in [0.2, 0.25) is 0 Å². The quantitative estimate of drug-likeness (QED) is 0.863. The Balaban J connectivity index is 1.86. The van der Waals surface area contributed by atoms with Gasteiger partial charge in [-0.05, 0) is 31.9 Å². The third-order valence-corrected chi connectivity index (χ3v) is 3.85. The van der Waals surface area contributed by atoms with Crippen LogP contribution in [0.25, 0.3) is 0 Å². The molecule has 1 aromatic rings. The van der Waals surface area contributed by atoms with Crippen LogP contribution in [0.15, 0.2) is 24.3 Å². The van der Waals surface area contributed by atoms with Crippen LogP contribution >= 0.6 is 0 Å². The Labute approximate surface area is 120 Å². The van der Waals surface area contributed by atoms with Crippen molar-refractivity contribution in [2.45, 2.75) is 19.8 Å². The molecule has 1 unspecified atom stereocenters. The molecule has 1 aliphatic heterocycles. The summed E-state index contributed by atoms with van der Waals surface area (Å²) in [5, 5.41) is 9.38. The van der Waals surface area contributed by atoms with Crippen LogP contribution in [0.3, 0.4) is 0 Å². The molecule has 1 aromatic carbocycles. The molecule has 0 aliphatic carbocycles. The fourth-order valence-electron chi connectivity index (χ4n) is 2.48. The first-order chi connectivity index (χ1) is 9.65. The number of carboxylic acids is 1. The minimum atomic E-state index is -0.696. The Bertz CT molecular complexity index is 424. The second kappa shape index (κ2) is 7.41. The molecule has 0 radical (unpaired) electrons. The molecule has 4 heteroatoms. The van der Waals surface area contributed by atoms with Crippen molar-refractivity contribution in [3.8, 4) is 0 Å². The highest BCUT2D eigenvalue weighted by Crippen LogP contribution is 2.15. The summed E-state index contributed by atoms with van der Waals surface area (Å²) in [4.78, 5) is 13.7. The van der Waals surface area contributed by atoms with E-state index in [-0.39, 0.29) is 5.92 Å².